The molecule has 3 aromatic rings. The lowest BCUT2D eigenvalue weighted by Gasteiger charge is -2.11. The molecular weight excluding hydrogens is 390 g/mol. The highest BCUT2D eigenvalue weighted by Crippen LogP contribution is 2.19. The number of hydrogen-bond acceptors (Lipinski definition) is 6. The summed E-state index contributed by atoms with van der Waals surface area (Å²) in [6.45, 7) is 3.97. The molecule has 0 aliphatic heterocycles. The predicted molar refractivity (Wildman–Crippen MR) is 109 cm³/mol. The Labute approximate surface area is 172 Å². The number of carbonyl (C=O) groups is 3. The molecule has 7 nitrogen and oxygen atoms in total. The Hall–Kier alpha value is -3.26. The molecule has 0 saturated carbocycles. The SMILES string of the molecule is CC(=O)NCc1ccc(C(=O)C(C)OC(=O)c2ccc(Cn3cccn3)cc2)s1. The predicted octanol–water partition coefficient (Wildman–Crippen LogP) is 3.06. The van der Waals surface area contributed by atoms with Gasteiger partial charge in [-0.2, -0.15) is 5.10 Å². The number of benzene rings is 1. The van der Waals surface area contributed by atoms with Crippen molar-refractivity contribution in [2.75, 3.05) is 0 Å². The molecule has 0 fully saturated rings. The van der Waals surface area contributed by atoms with Crippen molar-refractivity contribution in [3.8, 4) is 0 Å². The van der Waals surface area contributed by atoms with E-state index in [2.05, 4.69) is 10.4 Å². The summed E-state index contributed by atoms with van der Waals surface area (Å²) in [5, 5.41) is 6.83. The van der Waals surface area contributed by atoms with Crippen LogP contribution in [0.4, 0.5) is 0 Å². The summed E-state index contributed by atoms with van der Waals surface area (Å²) in [5.41, 5.74) is 1.38. The van der Waals surface area contributed by atoms with Gasteiger partial charge >= 0.3 is 5.97 Å². The first-order valence-electron chi connectivity index (χ1n) is 9.07. The van der Waals surface area contributed by atoms with Crippen molar-refractivity contribution in [2.24, 2.45) is 0 Å². The standard InChI is InChI=1S/C21H21N3O4S/c1-14(20(26)19-9-8-18(29-19)12-22-15(2)25)28-21(27)17-6-4-16(5-7-17)13-24-11-3-10-23-24/h3-11,14H,12-13H2,1-2H3,(H,22,25). The zero-order valence-electron chi connectivity index (χ0n) is 16.1. The van der Waals surface area contributed by atoms with E-state index in [0.29, 0.717) is 23.5 Å². The fourth-order valence-electron chi connectivity index (χ4n) is 2.63. The van der Waals surface area contributed by atoms with Gasteiger partial charge in [0.05, 0.1) is 23.5 Å². The lowest BCUT2D eigenvalue weighted by Crippen LogP contribution is -2.23. The molecule has 1 N–H and O–H groups in total. The largest absolute Gasteiger partial charge is 0.451 e. The molecule has 0 aliphatic rings. The maximum Gasteiger partial charge on any atom is 0.338 e. The Morgan fingerprint density at radius 2 is 1.93 bits per heavy atom. The number of nitrogens with one attached hydrogen (secondary N) is 1. The quantitative estimate of drug-likeness (QED) is 0.454. The minimum absolute atomic E-state index is 0.135. The number of ether oxygens (including phenoxy) is 1. The van der Waals surface area contributed by atoms with Crippen molar-refractivity contribution in [3.05, 3.63) is 75.7 Å². The second-order valence-electron chi connectivity index (χ2n) is 6.49. The van der Waals surface area contributed by atoms with E-state index >= 15 is 0 Å². The summed E-state index contributed by atoms with van der Waals surface area (Å²) >= 11 is 1.27. The Balaban J connectivity index is 1.56. The van der Waals surface area contributed by atoms with Crippen LogP contribution in [0, 0.1) is 0 Å². The van der Waals surface area contributed by atoms with Crippen LogP contribution in [0.25, 0.3) is 0 Å². The number of esters is 1. The van der Waals surface area contributed by atoms with Gasteiger partial charge in [-0.05, 0) is 42.8 Å². The first-order chi connectivity index (χ1) is 13.9. The average molecular weight is 411 g/mol. The summed E-state index contributed by atoms with van der Waals surface area (Å²) in [6.07, 6.45) is 2.67. The first-order valence-corrected chi connectivity index (χ1v) is 9.88. The highest BCUT2D eigenvalue weighted by atomic mass is 32.1. The third kappa shape index (κ3) is 5.61. The molecular formula is C21H21N3O4S. The number of Topliss-reactive ketones (excluding diaryl/α,β-unsaturated/α-hetero) is 1. The molecule has 29 heavy (non-hydrogen) atoms. The van der Waals surface area contributed by atoms with Crippen molar-refractivity contribution in [2.45, 2.75) is 33.0 Å². The van der Waals surface area contributed by atoms with Gasteiger partial charge < -0.3 is 10.1 Å². The third-order valence-corrected chi connectivity index (χ3v) is 5.26. The van der Waals surface area contributed by atoms with Crippen LogP contribution in [0.1, 0.15) is 44.3 Å². The van der Waals surface area contributed by atoms with E-state index in [1.165, 1.54) is 18.3 Å². The van der Waals surface area contributed by atoms with Crippen LogP contribution in [0.5, 0.6) is 0 Å². The Morgan fingerprint density at radius 1 is 1.17 bits per heavy atom. The summed E-state index contributed by atoms with van der Waals surface area (Å²) in [4.78, 5) is 37.2. The number of carbonyl (C=O) groups excluding carboxylic acids is 3. The fourth-order valence-corrected chi connectivity index (χ4v) is 3.59. The number of amides is 1. The van der Waals surface area contributed by atoms with Crippen LogP contribution in [0.3, 0.4) is 0 Å². The van der Waals surface area contributed by atoms with Gasteiger partial charge in [0.15, 0.2) is 6.10 Å². The van der Waals surface area contributed by atoms with Gasteiger partial charge in [-0.3, -0.25) is 14.3 Å². The smallest absolute Gasteiger partial charge is 0.338 e. The van der Waals surface area contributed by atoms with Crippen molar-refractivity contribution < 1.29 is 19.1 Å². The van der Waals surface area contributed by atoms with E-state index in [-0.39, 0.29) is 11.7 Å². The molecule has 150 valence electrons. The van der Waals surface area contributed by atoms with Crippen LogP contribution in [-0.4, -0.2) is 33.5 Å². The van der Waals surface area contributed by atoms with Gasteiger partial charge in [0, 0.05) is 24.2 Å². The lowest BCUT2D eigenvalue weighted by atomic mass is 10.1. The Kier molecular flexibility index (Phi) is 6.56. The van der Waals surface area contributed by atoms with Gasteiger partial charge in [0.1, 0.15) is 0 Å². The lowest BCUT2D eigenvalue weighted by molar-refractivity contribution is -0.119. The summed E-state index contributed by atoms with van der Waals surface area (Å²) < 4.78 is 7.12. The van der Waals surface area contributed by atoms with Crippen LogP contribution >= 0.6 is 11.3 Å². The monoisotopic (exact) mass is 411 g/mol. The fraction of sp³-hybridized carbons (Fsp3) is 0.238. The number of aromatic nitrogens is 2. The van der Waals surface area contributed by atoms with Crippen LogP contribution in [0.2, 0.25) is 0 Å². The minimum Gasteiger partial charge on any atom is -0.451 e. The summed E-state index contributed by atoms with van der Waals surface area (Å²) in [6, 6.07) is 12.3. The first kappa shape index (κ1) is 20.5. The number of nitrogens with zero attached hydrogens (tertiary/aromatic N) is 2. The van der Waals surface area contributed by atoms with E-state index in [0.717, 1.165) is 10.4 Å². The molecule has 1 atom stereocenters. The van der Waals surface area contributed by atoms with Crippen molar-refractivity contribution in [1.29, 1.82) is 0 Å². The molecule has 0 radical (unpaired) electrons. The van der Waals surface area contributed by atoms with E-state index < -0.39 is 12.1 Å². The van der Waals surface area contributed by atoms with Gasteiger partial charge in [-0.1, -0.05) is 12.1 Å². The van der Waals surface area contributed by atoms with Gasteiger partial charge in [0.2, 0.25) is 11.7 Å². The molecule has 2 aromatic heterocycles. The molecule has 0 bridgehead atoms. The zero-order valence-corrected chi connectivity index (χ0v) is 16.9. The minimum atomic E-state index is -0.904. The van der Waals surface area contributed by atoms with Crippen molar-refractivity contribution in [3.63, 3.8) is 0 Å². The molecule has 3 rings (SSSR count). The molecule has 0 saturated heterocycles. The van der Waals surface area contributed by atoms with Gasteiger partial charge in [0.25, 0.3) is 0 Å². The molecule has 1 amide bonds. The third-order valence-electron chi connectivity index (χ3n) is 4.16. The highest BCUT2D eigenvalue weighted by molar-refractivity contribution is 7.14. The summed E-state index contributed by atoms with van der Waals surface area (Å²) in [5.74, 6) is -0.955. The number of hydrogen-bond donors (Lipinski definition) is 1. The van der Waals surface area contributed by atoms with Crippen LogP contribution in [-0.2, 0) is 22.6 Å². The van der Waals surface area contributed by atoms with E-state index in [9.17, 15) is 14.4 Å². The van der Waals surface area contributed by atoms with Crippen molar-refractivity contribution >= 4 is 29.0 Å². The molecule has 1 aromatic carbocycles. The second kappa shape index (κ2) is 9.29. The average Bonchev–Trinajstić information content (AvgIpc) is 3.38. The maximum atomic E-state index is 12.5. The number of thiophene rings is 1. The Bertz CT molecular complexity index is 993. The number of rotatable bonds is 8. The second-order valence-corrected chi connectivity index (χ2v) is 7.66. The maximum absolute atomic E-state index is 12.5. The molecule has 2 heterocycles. The molecule has 0 spiro atoms. The molecule has 8 heteroatoms. The van der Waals surface area contributed by atoms with E-state index in [4.69, 9.17) is 4.74 Å². The van der Waals surface area contributed by atoms with Crippen LogP contribution < -0.4 is 5.32 Å². The molecule has 0 aliphatic carbocycles. The van der Waals surface area contributed by atoms with Crippen molar-refractivity contribution in [1.82, 2.24) is 15.1 Å². The van der Waals surface area contributed by atoms with E-state index in [1.807, 2.05) is 24.4 Å². The normalized spacial score (nSPS) is 11.7. The van der Waals surface area contributed by atoms with Gasteiger partial charge in [-0.15, -0.1) is 11.3 Å². The topological polar surface area (TPSA) is 90.3 Å². The van der Waals surface area contributed by atoms with Crippen LogP contribution in [0.15, 0.2) is 54.9 Å². The highest BCUT2D eigenvalue weighted by Gasteiger charge is 2.22. The molecule has 1 unspecified atom stereocenters. The van der Waals surface area contributed by atoms with E-state index in [1.54, 1.807) is 42.1 Å². The zero-order chi connectivity index (χ0) is 20.8. The van der Waals surface area contributed by atoms with Gasteiger partial charge in [-0.25, -0.2) is 4.79 Å². The number of ketones is 1. The Morgan fingerprint density at radius 3 is 2.59 bits per heavy atom. The summed E-state index contributed by atoms with van der Waals surface area (Å²) in [7, 11) is 0.